The molecule has 0 saturated carbocycles. The molecule has 2 fully saturated rings. The molecule has 94 valence electrons. The van der Waals surface area contributed by atoms with Crippen LogP contribution < -0.4 is 0 Å². The summed E-state index contributed by atoms with van der Waals surface area (Å²) in [6.07, 6.45) is 2.32. The van der Waals surface area contributed by atoms with Gasteiger partial charge < -0.3 is 4.74 Å². The molecule has 2 saturated heterocycles. The lowest BCUT2D eigenvalue weighted by atomic mass is 9.71. The topological polar surface area (TPSA) is 12.5 Å². The van der Waals surface area contributed by atoms with Crippen LogP contribution in [0.1, 0.15) is 40.0 Å². The second kappa shape index (κ2) is 3.95. The molecule has 3 atom stereocenters. The largest absolute Gasteiger partial charge is 0.383 e. The number of alkyl halides is 1. The minimum atomic E-state index is -0.654. The lowest BCUT2D eigenvalue weighted by molar-refractivity contribution is 0.0199. The second-order valence-electron chi connectivity index (χ2n) is 6.38. The quantitative estimate of drug-likeness (QED) is 0.721. The van der Waals surface area contributed by atoms with Gasteiger partial charge in [0.15, 0.2) is 0 Å². The normalized spacial score (nSPS) is 40.3. The SMILES string of the molecule is COCC1CCC2(C(C)(C)C)CC(F)CN12. The van der Waals surface area contributed by atoms with E-state index in [1.807, 2.05) is 0 Å². The molecule has 2 nitrogen and oxygen atoms in total. The number of methoxy groups -OCH3 is 1. The van der Waals surface area contributed by atoms with Crippen molar-refractivity contribution in [1.29, 1.82) is 0 Å². The molecule has 0 aliphatic carbocycles. The van der Waals surface area contributed by atoms with Crippen molar-refractivity contribution in [2.75, 3.05) is 20.3 Å². The fourth-order valence-corrected chi connectivity index (χ4v) is 3.72. The molecule has 0 aromatic carbocycles. The van der Waals surface area contributed by atoms with E-state index in [9.17, 15) is 4.39 Å². The molecule has 3 unspecified atom stereocenters. The lowest BCUT2D eigenvalue weighted by Gasteiger charge is -2.45. The standard InChI is InChI=1S/C13H24FNO/c1-12(2,3)13-6-5-11(9-16-4)15(13)8-10(14)7-13/h10-11H,5-9H2,1-4H3. The zero-order chi connectivity index (χ0) is 12.0. The van der Waals surface area contributed by atoms with E-state index in [0.717, 1.165) is 19.4 Å². The summed E-state index contributed by atoms with van der Waals surface area (Å²) in [7, 11) is 1.74. The summed E-state index contributed by atoms with van der Waals surface area (Å²) < 4.78 is 19.0. The molecule has 2 rings (SSSR count). The average Bonchev–Trinajstić information content (AvgIpc) is 2.63. The molecule has 2 heterocycles. The number of fused-ring (bicyclic) bond motifs is 1. The molecule has 0 spiro atoms. The number of halogens is 1. The van der Waals surface area contributed by atoms with Crippen LogP contribution in [0.5, 0.6) is 0 Å². The predicted octanol–water partition coefficient (Wildman–Crippen LogP) is 2.62. The van der Waals surface area contributed by atoms with Gasteiger partial charge in [-0.3, -0.25) is 4.90 Å². The van der Waals surface area contributed by atoms with Gasteiger partial charge in [0, 0.05) is 25.2 Å². The Bertz CT molecular complexity index is 263. The highest BCUT2D eigenvalue weighted by Crippen LogP contribution is 2.52. The van der Waals surface area contributed by atoms with Crippen molar-refractivity contribution in [3.8, 4) is 0 Å². The Morgan fingerprint density at radius 2 is 2.12 bits per heavy atom. The first-order valence-corrected chi connectivity index (χ1v) is 6.30. The monoisotopic (exact) mass is 229 g/mol. The number of nitrogens with zero attached hydrogens (tertiary/aromatic N) is 1. The third-order valence-corrected chi connectivity index (χ3v) is 4.59. The molecule has 0 radical (unpaired) electrons. The van der Waals surface area contributed by atoms with Crippen LogP contribution in [0, 0.1) is 5.41 Å². The molecule has 2 aliphatic rings. The Balaban J connectivity index is 2.23. The molecule has 3 heteroatoms. The van der Waals surface area contributed by atoms with Gasteiger partial charge in [0.05, 0.1) is 6.61 Å². The minimum Gasteiger partial charge on any atom is -0.383 e. The van der Waals surface area contributed by atoms with Crippen LogP contribution in [0.15, 0.2) is 0 Å². The van der Waals surface area contributed by atoms with E-state index in [2.05, 4.69) is 25.7 Å². The van der Waals surface area contributed by atoms with Gasteiger partial charge in [0.1, 0.15) is 6.17 Å². The van der Waals surface area contributed by atoms with Crippen LogP contribution in [0.2, 0.25) is 0 Å². The summed E-state index contributed by atoms with van der Waals surface area (Å²) in [4.78, 5) is 2.39. The summed E-state index contributed by atoms with van der Waals surface area (Å²) in [6.45, 7) is 8.07. The van der Waals surface area contributed by atoms with Gasteiger partial charge in [-0.2, -0.15) is 0 Å². The first-order valence-electron chi connectivity index (χ1n) is 6.30. The smallest absolute Gasteiger partial charge is 0.115 e. The lowest BCUT2D eigenvalue weighted by Crippen LogP contribution is -2.52. The van der Waals surface area contributed by atoms with Crippen LogP contribution in [0.25, 0.3) is 0 Å². The van der Waals surface area contributed by atoms with Crippen molar-refractivity contribution in [3.05, 3.63) is 0 Å². The van der Waals surface area contributed by atoms with Crippen LogP contribution in [0.4, 0.5) is 4.39 Å². The fourth-order valence-electron chi connectivity index (χ4n) is 3.72. The first-order chi connectivity index (χ1) is 7.40. The van der Waals surface area contributed by atoms with E-state index >= 15 is 0 Å². The Kier molecular flexibility index (Phi) is 3.04. The van der Waals surface area contributed by atoms with E-state index in [1.165, 1.54) is 0 Å². The summed E-state index contributed by atoms with van der Waals surface area (Å²) >= 11 is 0. The highest BCUT2D eigenvalue weighted by atomic mass is 19.1. The van der Waals surface area contributed by atoms with Crippen molar-refractivity contribution in [3.63, 3.8) is 0 Å². The Morgan fingerprint density at radius 3 is 2.69 bits per heavy atom. The van der Waals surface area contributed by atoms with Crippen LogP contribution >= 0.6 is 0 Å². The van der Waals surface area contributed by atoms with E-state index in [0.29, 0.717) is 19.0 Å². The maximum atomic E-state index is 13.8. The Morgan fingerprint density at radius 1 is 1.44 bits per heavy atom. The third-order valence-electron chi connectivity index (χ3n) is 4.59. The molecule has 0 amide bonds. The zero-order valence-electron chi connectivity index (χ0n) is 10.9. The van der Waals surface area contributed by atoms with Crippen molar-refractivity contribution in [1.82, 2.24) is 4.90 Å². The Hall–Kier alpha value is -0.150. The maximum absolute atomic E-state index is 13.8. The molecule has 0 bridgehead atoms. The van der Waals surface area contributed by atoms with Gasteiger partial charge in [-0.15, -0.1) is 0 Å². The highest BCUT2D eigenvalue weighted by Gasteiger charge is 2.58. The molecule has 0 N–H and O–H groups in total. The molecular weight excluding hydrogens is 205 g/mol. The van der Waals surface area contributed by atoms with Crippen molar-refractivity contribution in [2.45, 2.75) is 57.8 Å². The number of hydrogen-bond donors (Lipinski definition) is 0. The molecule has 0 aromatic rings. The van der Waals surface area contributed by atoms with Crippen molar-refractivity contribution < 1.29 is 9.13 Å². The van der Waals surface area contributed by atoms with Gasteiger partial charge in [-0.1, -0.05) is 20.8 Å². The van der Waals surface area contributed by atoms with Crippen LogP contribution in [-0.4, -0.2) is 42.9 Å². The van der Waals surface area contributed by atoms with E-state index in [1.54, 1.807) is 7.11 Å². The van der Waals surface area contributed by atoms with Crippen LogP contribution in [0.3, 0.4) is 0 Å². The Labute approximate surface area is 98.1 Å². The van der Waals surface area contributed by atoms with Crippen molar-refractivity contribution >= 4 is 0 Å². The molecule has 16 heavy (non-hydrogen) atoms. The summed E-state index contributed by atoms with van der Waals surface area (Å²) in [5.74, 6) is 0. The molecular formula is C13H24FNO. The van der Waals surface area contributed by atoms with Gasteiger partial charge in [-0.05, 0) is 24.7 Å². The predicted molar refractivity (Wildman–Crippen MR) is 63.3 cm³/mol. The minimum absolute atomic E-state index is 0.0651. The second-order valence-corrected chi connectivity index (χ2v) is 6.38. The van der Waals surface area contributed by atoms with E-state index < -0.39 is 6.17 Å². The van der Waals surface area contributed by atoms with E-state index in [-0.39, 0.29) is 11.0 Å². The van der Waals surface area contributed by atoms with E-state index in [4.69, 9.17) is 4.74 Å². The van der Waals surface area contributed by atoms with Gasteiger partial charge in [0.2, 0.25) is 0 Å². The number of rotatable bonds is 2. The van der Waals surface area contributed by atoms with Crippen LogP contribution in [-0.2, 0) is 4.74 Å². The van der Waals surface area contributed by atoms with Gasteiger partial charge in [-0.25, -0.2) is 4.39 Å². The zero-order valence-corrected chi connectivity index (χ0v) is 10.9. The highest BCUT2D eigenvalue weighted by molar-refractivity contribution is 5.12. The molecule has 2 aliphatic heterocycles. The average molecular weight is 229 g/mol. The van der Waals surface area contributed by atoms with Gasteiger partial charge >= 0.3 is 0 Å². The summed E-state index contributed by atoms with van der Waals surface area (Å²) in [6, 6.07) is 0.421. The molecule has 0 aromatic heterocycles. The summed E-state index contributed by atoms with van der Waals surface area (Å²) in [5, 5.41) is 0. The first kappa shape index (κ1) is 12.3. The maximum Gasteiger partial charge on any atom is 0.115 e. The number of hydrogen-bond acceptors (Lipinski definition) is 2. The fraction of sp³-hybridized carbons (Fsp3) is 1.00. The number of ether oxygens (including phenoxy) is 1. The van der Waals surface area contributed by atoms with Gasteiger partial charge in [0.25, 0.3) is 0 Å². The summed E-state index contributed by atoms with van der Waals surface area (Å²) in [5.41, 5.74) is 0.214. The third kappa shape index (κ3) is 1.68. The van der Waals surface area contributed by atoms with Crippen molar-refractivity contribution in [2.24, 2.45) is 5.41 Å².